The van der Waals surface area contributed by atoms with Gasteiger partial charge < -0.3 is 10.8 Å². The zero-order valence-corrected chi connectivity index (χ0v) is 7.28. The van der Waals surface area contributed by atoms with E-state index in [2.05, 4.69) is 9.97 Å². The number of anilines is 1. The van der Waals surface area contributed by atoms with E-state index >= 15 is 0 Å². The number of aromatic nitrogens is 2. The molecule has 0 aliphatic rings. The molecule has 0 spiro atoms. The molecule has 0 aliphatic heterocycles. The molecule has 13 heavy (non-hydrogen) atoms. The molecule has 0 bridgehead atoms. The maximum atomic E-state index is 9.17. The zero-order chi connectivity index (χ0) is 9.42. The number of nitrogen functional groups attached to an aromatic ring is 1. The number of nitrogens with two attached hydrogens (primary N) is 1. The number of phenolic OH excluding ortho intramolecular Hbond substituents is 1. The summed E-state index contributed by atoms with van der Waals surface area (Å²) in [4.78, 5) is 7.70. The third kappa shape index (κ3) is 1.36. The van der Waals surface area contributed by atoms with E-state index in [1.165, 1.54) is 12.1 Å². The molecule has 0 saturated heterocycles. The largest absolute Gasteiger partial charge is 0.508 e. The van der Waals surface area contributed by atoms with Crippen LogP contribution in [-0.4, -0.2) is 15.1 Å². The van der Waals surface area contributed by atoms with Gasteiger partial charge in [-0.3, -0.25) is 0 Å². The van der Waals surface area contributed by atoms with E-state index in [-0.39, 0.29) is 11.7 Å². The van der Waals surface area contributed by atoms with Crippen molar-refractivity contribution < 1.29 is 5.11 Å². The lowest BCUT2D eigenvalue weighted by Gasteiger charge is -2.00. The third-order valence-electron chi connectivity index (χ3n) is 1.65. The SMILES string of the molecule is Nc1nc(Cl)c2ccc(O)cc2n1. The first-order valence-corrected chi connectivity index (χ1v) is 3.96. The molecule has 5 heteroatoms. The van der Waals surface area contributed by atoms with Crippen LogP contribution in [0.5, 0.6) is 5.75 Å². The Morgan fingerprint density at radius 2 is 2.08 bits per heavy atom. The van der Waals surface area contributed by atoms with Gasteiger partial charge in [-0.2, -0.15) is 0 Å². The summed E-state index contributed by atoms with van der Waals surface area (Å²) in [5.41, 5.74) is 5.93. The highest BCUT2D eigenvalue weighted by Gasteiger charge is 2.03. The fourth-order valence-electron chi connectivity index (χ4n) is 1.10. The summed E-state index contributed by atoms with van der Waals surface area (Å²) in [6.45, 7) is 0. The highest BCUT2D eigenvalue weighted by atomic mass is 35.5. The van der Waals surface area contributed by atoms with Crippen LogP contribution >= 0.6 is 11.6 Å². The number of hydrogen-bond acceptors (Lipinski definition) is 4. The molecule has 2 aromatic rings. The summed E-state index contributed by atoms with van der Waals surface area (Å²) >= 11 is 5.80. The minimum absolute atomic E-state index is 0.100. The van der Waals surface area contributed by atoms with Crippen LogP contribution in [-0.2, 0) is 0 Å². The summed E-state index contributed by atoms with van der Waals surface area (Å²) in [7, 11) is 0. The second-order valence-electron chi connectivity index (χ2n) is 2.57. The zero-order valence-electron chi connectivity index (χ0n) is 6.53. The van der Waals surface area contributed by atoms with Gasteiger partial charge in [0.05, 0.1) is 5.52 Å². The maximum Gasteiger partial charge on any atom is 0.222 e. The summed E-state index contributed by atoms with van der Waals surface area (Å²) in [5, 5.41) is 10.1. The fourth-order valence-corrected chi connectivity index (χ4v) is 1.34. The molecular weight excluding hydrogens is 190 g/mol. The quantitative estimate of drug-likeness (QED) is 0.626. The highest BCUT2D eigenvalue weighted by Crippen LogP contribution is 2.24. The Labute approximate surface area is 79.0 Å². The second kappa shape index (κ2) is 2.74. The Morgan fingerprint density at radius 1 is 1.31 bits per heavy atom. The molecule has 0 unspecified atom stereocenters. The average molecular weight is 196 g/mol. The number of nitrogens with zero attached hydrogens (tertiary/aromatic N) is 2. The molecule has 0 aliphatic carbocycles. The smallest absolute Gasteiger partial charge is 0.222 e. The Balaban J connectivity index is 2.86. The molecule has 1 aromatic heterocycles. The van der Waals surface area contributed by atoms with Crippen LogP contribution in [0.25, 0.3) is 10.9 Å². The van der Waals surface area contributed by atoms with Crippen molar-refractivity contribution in [3.63, 3.8) is 0 Å². The number of benzene rings is 1. The van der Waals surface area contributed by atoms with Crippen molar-refractivity contribution in [1.29, 1.82) is 0 Å². The molecule has 3 N–H and O–H groups in total. The Kier molecular flexibility index (Phi) is 1.70. The number of aromatic hydroxyl groups is 1. The van der Waals surface area contributed by atoms with Crippen LogP contribution in [0.2, 0.25) is 5.15 Å². The molecule has 66 valence electrons. The highest BCUT2D eigenvalue weighted by molar-refractivity contribution is 6.34. The second-order valence-corrected chi connectivity index (χ2v) is 2.93. The summed E-state index contributed by atoms with van der Waals surface area (Å²) in [6, 6.07) is 4.65. The van der Waals surface area contributed by atoms with Crippen molar-refractivity contribution in [3.8, 4) is 5.75 Å². The van der Waals surface area contributed by atoms with Crippen LogP contribution in [0.15, 0.2) is 18.2 Å². The van der Waals surface area contributed by atoms with E-state index in [1.807, 2.05) is 0 Å². The standard InChI is InChI=1S/C8H6ClN3O/c9-7-5-2-1-4(13)3-6(5)11-8(10)12-7/h1-3,13H,(H2,10,11,12). The van der Waals surface area contributed by atoms with Gasteiger partial charge in [-0.15, -0.1) is 0 Å². The monoisotopic (exact) mass is 195 g/mol. The van der Waals surface area contributed by atoms with E-state index in [0.29, 0.717) is 16.1 Å². The molecule has 0 saturated carbocycles. The minimum Gasteiger partial charge on any atom is -0.508 e. The predicted octanol–water partition coefficient (Wildman–Crippen LogP) is 1.57. The number of halogens is 1. The lowest BCUT2D eigenvalue weighted by Crippen LogP contribution is -1.95. The van der Waals surface area contributed by atoms with Crippen molar-refractivity contribution in [2.24, 2.45) is 0 Å². The van der Waals surface area contributed by atoms with Gasteiger partial charge in [-0.25, -0.2) is 9.97 Å². The van der Waals surface area contributed by atoms with Crippen LogP contribution < -0.4 is 5.73 Å². The van der Waals surface area contributed by atoms with E-state index in [4.69, 9.17) is 22.4 Å². The summed E-state index contributed by atoms with van der Waals surface area (Å²) in [6.07, 6.45) is 0. The van der Waals surface area contributed by atoms with Crippen LogP contribution in [0, 0.1) is 0 Å². The van der Waals surface area contributed by atoms with Crippen LogP contribution in [0.3, 0.4) is 0 Å². The number of hydrogen-bond donors (Lipinski definition) is 2. The van der Waals surface area contributed by atoms with Gasteiger partial charge in [0.2, 0.25) is 5.95 Å². The lowest BCUT2D eigenvalue weighted by molar-refractivity contribution is 0.476. The van der Waals surface area contributed by atoms with E-state index < -0.39 is 0 Å². The molecule has 1 aromatic carbocycles. The van der Waals surface area contributed by atoms with Gasteiger partial charge in [0, 0.05) is 11.5 Å². The lowest BCUT2D eigenvalue weighted by atomic mass is 10.2. The Bertz CT molecular complexity index is 467. The third-order valence-corrected chi connectivity index (χ3v) is 1.94. The van der Waals surface area contributed by atoms with Crippen molar-refractivity contribution in [3.05, 3.63) is 23.4 Å². The van der Waals surface area contributed by atoms with Crippen molar-refractivity contribution >= 4 is 28.5 Å². The van der Waals surface area contributed by atoms with Gasteiger partial charge in [0.15, 0.2) is 0 Å². The van der Waals surface area contributed by atoms with Gasteiger partial charge in [0.25, 0.3) is 0 Å². The van der Waals surface area contributed by atoms with Gasteiger partial charge >= 0.3 is 0 Å². The fraction of sp³-hybridized carbons (Fsp3) is 0. The van der Waals surface area contributed by atoms with Gasteiger partial charge in [-0.1, -0.05) is 11.6 Å². The molecule has 0 amide bonds. The maximum absolute atomic E-state index is 9.17. The first-order chi connectivity index (χ1) is 6.16. The van der Waals surface area contributed by atoms with Crippen LogP contribution in [0.1, 0.15) is 0 Å². The summed E-state index contributed by atoms with van der Waals surface area (Å²) < 4.78 is 0. The first-order valence-electron chi connectivity index (χ1n) is 3.58. The number of rotatable bonds is 0. The normalized spacial score (nSPS) is 10.5. The topological polar surface area (TPSA) is 72.0 Å². The van der Waals surface area contributed by atoms with E-state index in [9.17, 15) is 0 Å². The molecular formula is C8H6ClN3O. The predicted molar refractivity (Wildman–Crippen MR) is 50.6 cm³/mol. The summed E-state index contributed by atoms with van der Waals surface area (Å²) in [5.74, 6) is 0.227. The van der Waals surface area contributed by atoms with Gasteiger partial charge in [0.1, 0.15) is 10.9 Å². The Morgan fingerprint density at radius 3 is 2.85 bits per heavy atom. The van der Waals surface area contributed by atoms with Crippen LogP contribution in [0.4, 0.5) is 5.95 Å². The van der Waals surface area contributed by atoms with Crippen molar-refractivity contribution in [1.82, 2.24) is 9.97 Å². The molecule has 2 rings (SSSR count). The average Bonchev–Trinajstić information content (AvgIpc) is 2.02. The first kappa shape index (κ1) is 8.07. The molecule has 0 radical (unpaired) electrons. The number of phenols is 1. The number of fused-ring (bicyclic) bond motifs is 1. The molecule has 0 fully saturated rings. The molecule has 1 heterocycles. The van der Waals surface area contributed by atoms with E-state index in [1.54, 1.807) is 6.07 Å². The molecule has 0 atom stereocenters. The molecule has 4 nitrogen and oxygen atoms in total. The minimum atomic E-state index is 0.100. The van der Waals surface area contributed by atoms with Gasteiger partial charge in [-0.05, 0) is 12.1 Å². The van der Waals surface area contributed by atoms with E-state index in [0.717, 1.165) is 0 Å². The Hall–Kier alpha value is -1.55. The van der Waals surface area contributed by atoms with Crippen molar-refractivity contribution in [2.75, 3.05) is 5.73 Å². The van der Waals surface area contributed by atoms with Crippen molar-refractivity contribution in [2.45, 2.75) is 0 Å².